The van der Waals surface area contributed by atoms with Crippen molar-refractivity contribution in [3.8, 4) is 11.1 Å². The second-order valence-electron chi connectivity index (χ2n) is 10.2. The molecule has 0 amide bonds. The average molecular weight is 593 g/mol. The first-order valence-corrected chi connectivity index (χ1v) is 14.8. The van der Waals surface area contributed by atoms with Crippen molar-refractivity contribution < 1.29 is 23.3 Å². The molecule has 0 bridgehead atoms. The third-order valence-electron chi connectivity index (χ3n) is 5.67. The molecule has 34 heavy (non-hydrogen) atoms. The Bertz CT molecular complexity index is 899. The Morgan fingerprint density at radius 2 is 1.35 bits per heavy atom. The second-order valence-corrected chi connectivity index (χ2v) is 10.2. The van der Waals surface area contributed by atoms with E-state index >= 15 is 0 Å². The summed E-state index contributed by atoms with van der Waals surface area (Å²) in [6.45, 7) is 21.3. The van der Waals surface area contributed by atoms with Gasteiger partial charge in [-0.05, 0) is 35.4 Å². The quantitative estimate of drug-likeness (QED) is 0.181. The summed E-state index contributed by atoms with van der Waals surface area (Å²) in [5.74, 6) is 0. The number of rotatable bonds is 0. The molecule has 0 saturated carbocycles. The third kappa shape index (κ3) is 9.24. The Morgan fingerprint density at radius 1 is 0.824 bits per heavy atom. The van der Waals surface area contributed by atoms with Crippen molar-refractivity contribution in [3.05, 3.63) is 96.8 Å². The minimum absolute atomic E-state index is 0. The van der Waals surface area contributed by atoms with Crippen LogP contribution in [0.25, 0.3) is 11.1 Å². The van der Waals surface area contributed by atoms with Crippen LogP contribution in [0.1, 0.15) is 81.3 Å². The van der Waals surface area contributed by atoms with Crippen LogP contribution >= 0.6 is 24.8 Å². The second kappa shape index (κ2) is 15.7. The summed E-state index contributed by atoms with van der Waals surface area (Å²) in [6, 6.07) is 10.9. The normalized spacial score (nSPS) is 12.1. The summed E-state index contributed by atoms with van der Waals surface area (Å²) >= 11 is 1.36. The van der Waals surface area contributed by atoms with Gasteiger partial charge in [-0.1, -0.05) is 71.6 Å². The SMILES string of the molecule is Cc1[c-]c2c(cc1C(C)(C)C)-c1cc(C(C)(C)C)c(C)cc1C2.Cl.Cl.[C-]1=CC=CC1.[CH3-].[CH3-].[Si]=[Zr]. The fourth-order valence-corrected chi connectivity index (χ4v) is 4.36. The van der Waals surface area contributed by atoms with Crippen molar-refractivity contribution in [3.63, 3.8) is 0 Å². The number of benzene rings is 2. The summed E-state index contributed by atoms with van der Waals surface area (Å²) in [7, 11) is 0. The average Bonchev–Trinajstić information content (AvgIpc) is 3.31. The van der Waals surface area contributed by atoms with Crippen LogP contribution in [0, 0.1) is 40.8 Å². The Kier molecular flexibility index (Phi) is 17.6. The van der Waals surface area contributed by atoms with Crippen LogP contribution in [0.15, 0.2) is 36.4 Å². The van der Waals surface area contributed by atoms with Crippen molar-refractivity contribution >= 4 is 31.7 Å². The predicted octanol–water partition coefficient (Wildman–Crippen LogP) is 8.94. The van der Waals surface area contributed by atoms with Crippen LogP contribution in [-0.4, -0.2) is 6.88 Å². The van der Waals surface area contributed by atoms with Crippen molar-refractivity contribution in [2.45, 2.75) is 79.1 Å². The third-order valence-corrected chi connectivity index (χ3v) is 5.67. The first-order valence-electron chi connectivity index (χ1n) is 10.7. The van der Waals surface area contributed by atoms with Gasteiger partial charge < -0.3 is 14.9 Å². The van der Waals surface area contributed by atoms with E-state index in [-0.39, 0.29) is 50.5 Å². The standard InChI is InChI=1S/C23H29.C5H5.2CH3.2ClH.Si.Zr/c1-14-9-16-11-17-10-15(2)21(23(6,7)8)13-19(17)18(16)12-20(14)22(3,4)5;1-2-4-5-3-1;;;;;;/h9,12-13H,11H2,1-8H3;1-3H,4H2;2*1H3;2*1H;;/q4*-1;;;;. The molecule has 0 spiro atoms. The van der Waals surface area contributed by atoms with E-state index in [1.165, 1.54) is 67.8 Å². The molecule has 2 radical (unpaired) electrons. The number of hydrogen-bond acceptors (Lipinski definition) is 0. The van der Waals surface area contributed by atoms with Crippen molar-refractivity contribution in [2.75, 3.05) is 0 Å². The van der Waals surface area contributed by atoms with Gasteiger partial charge in [-0.15, -0.1) is 47.9 Å². The molecule has 0 aromatic heterocycles. The van der Waals surface area contributed by atoms with E-state index < -0.39 is 0 Å². The fraction of sp³-hybridized carbons (Fsp3) is 0.400. The molecule has 4 heteroatoms. The molecule has 2 aromatic rings. The number of aryl methyl sites for hydroxylation is 2. The Morgan fingerprint density at radius 3 is 1.76 bits per heavy atom. The molecule has 0 fully saturated rings. The predicted molar refractivity (Wildman–Crippen MR) is 155 cm³/mol. The van der Waals surface area contributed by atoms with Gasteiger partial charge in [0, 0.05) is 0 Å². The van der Waals surface area contributed by atoms with Crippen LogP contribution in [0.5, 0.6) is 0 Å². The summed E-state index contributed by atoms with van der Waals surface area (Å²) in [5, 5.41) is 0. The topological polar surface area (TPSA) is 0 Å². The van der Waals surface area contributed by atoms with Gasteiger partial charge in [0.1, 0.15) is 0 Å². The first-order chi connectivity index (χ1) is 14.0. The van der Waals surface area contributed by atoms with Crippen LogP contribution in [-0.2, 0) is 40.6 Å². The van der Waals surface area contributed by atoms with Gasteiger partial charge in [0.2, 0.25) is 0 Å². The Labute approximate surface area is 240 Å². The van der Waals surface area contributed by atoms with Crippen molar-refractivity contribution in [1.82, 2.24) is 0 Å². The Balaban J connectivity index is -0.000000768. The van der Waals surface area contributed by atoms with Gasteiger partial charge in [-0.3, -0.25) is 6.08 Å². The maximum atomic E-state index is 3.69. The monoisotopic (exact) mass is 590 g/mol. The fourth-order valence-electron chi connectivity index (χ4n) is 4.36. The molecule has 2 aliphatic rings. The van der Waals surface area contributed by atoms with Crippen LogP contribution < -0.4 is 0 Å². The van der Waals surface area contributed by atoms with E-state index in [4.69, 9.17) is 0 Å². The molecular weight excluding hydrogens is 551 g/mol. The van der Waals surface area contributed by atoms with Crippen molar-refractivity contribution in [1.29, 1.82) is 0 Å². The van der Waals surface area contributed by atoms with E-state index in [1.54, 1.807) is 0 Å². The molecule has 2 aromatic carbocycles. The number of hydrogen-bond donors (Lipinski definition) is 0. The van der Waals surface area contributed by atoms with Gasteiger partial charge >= 0.3 is 30.2 Å². The Hall–Kier alpha value is -0.400. The summed E-state index contributed by atoms with van der Waals surface area (Å²) < 4.78 is 0. The van der Waals surface area contributed by atoms with Gasteiger partial charge in [-0.25, -0.2) is 12.2 Å². The molecule has 2 aliphatic carbocycles. The van der Waals surface area contributed by atoms with Crippen LogP contribution in [0.2, 0.25) is 0 Å². The number of allylic oxidation sites excluding steroid dienone is 4. The molecule has 0 saturated heterocycles. The van der Waals surface area contributed by atoms with Crippen LogP contribution in [0.4, 0.5) is 0 Å². The number of halogens is 2. The van der Waals surface area contributed by atoms with Crippen molar-refractivity contribution in [2.24, 2.45) is 0 Å². The molecule has 188 valence electrons. The molecule has 0 heterocycles. The zero-order valence-corrected chi connectivity index (χ0v) is 27.8. The zero-order valence-electron chi connectivity index (χ0n) is 22.7. The first kappa shape index (κ1) is 38.1. The van der Waals surface area contributed by atoms with Gasteiger partial charge in [0.25, 0.3) is 0 Å². The van der Waals surface area contributed by atoms with E-state index in [0.29, 0.717) is 0 Å². The molecule has 0 unspecified atom stereocenters. The van der Waals surface area contributed by atoms with E-state index in [0.717, 1.165) is 12.8 Å². The molecule has 4 rings (SSSR count). The zero-order chi connectivity index (χ0) is 22.7. The van der Waals surface area contributed by atoms with E-state index in [9.17, 15) is 0 Å². The summed E-state index contributed by atoms with van der Waals surface area (Å²) in [4.78, 5) is 0. The molecule has 0 aliphatic heterocycles. The molecular formula is C30H42Cl2SiZr-4. The molecule has 0 atom stereocenters. The van der Waals surface area contributed by atoms with Crippen LogP contribution in [0.3, 0.4) is 0 Å². The van der Waals surface area contributed by atoms with Gasteiger partial charge in [0.05, 0.1) is 0 Å². The molecule has 0 nitrogen and oxygen atoms in total. The van der Waals surface area contributed by atoms with Gasteiger partial charge in [0.15, 0.2) is 0 Å². The minimum atomic E-state index is 0. The summed E-state index contributed by atoms with van der Waals surface area (Å²) in [6.07, 6.45) is 11.0. The number of fused-ring (bicyclic) bond motifs is 3. The maximum absolute atomic E-state index is 3.69. The summed E-state index contributed by atoms with van der Waals surface area (Å²) in [5.41, 5.74) is 11.6. The molecule has 0 N–H and O–H groups in total. The van der Waals surface area contributed by atoms with E-state index in [1.807, 2.05) is 12.2 Å². The van der Waals surface area contributed by atoms with E-state index in [2.05, 4.69) is 98.7 Å². The van der Waals surface area contributed by atoms with Gasteiger partial charge in [-0.2, -0.15) is 23.8 Å².